The summed E-state index contributed by atoms with van der Waals surface area (Å²) in [7, 11) is 0. The summed E-state index contributed by atoms with van der Waals surface area (Å²) in [5.74, 6) is -0.380. The predicted molar refractivity (Wildman–Crippen MR) is 95.7 cm³/mol. The molecule has 126 valence electrons. The van der Waals surface area contributed by atoms with Crippen molar-refractivity contribution >= 4 is 40.6 Å². The number of benzene rings is 2. The second-order valence-electron chi connectivity index (χ2n) is 5.51. The SMILES string of the molecule is O=C(Nc1cccc(F)c1)N1CCN(c2ccc(Cl)cc2Cl)CC1. The minimum atomic E-state index is -0.380. The largest absolute Gasteiger partial charge is 0.367 e. The number of nitrogens with one attached hydrogen (secondary N) is 1. The highest BCUT2D eigenvalue weighted by atomic mass is 35.5. The van der Waals surface area contributed by atoms with Gasteiger partial charge in [-0.25, -0.2) is 9.18 Å². The van der Waals surface area contributed by atoms with E-state index in [1.807, 2.05) is 6.07 Å². The molecule has 1 N–H and O–H groups in total. The minimum Gasteiger partial charge on any atom is -0.367 e. The number of hydrogen-bond donors (Lipinski definition) is 1. The molecule has 2 aromatic carbocycles. The van der Waals surface area contributed by atoms with Crippen molar-refractivity contribution in [1.82, 2.24) is 4.90 Å². The number of carbonyl (C=O) groups is 1. The van der Waals surface area contributed by atoms with E-state index in [9.17, 15) is 9.18 Å². The Bertz CT molecular complexity index is 748. The molecule has 0 aliphatic carbocycles. The van der Waals surface area contributed by atoms with Gasteiger partial charge in [-0.05, 0) is 36.4 Å². The van der Waals surface area contributed by atoms with Gasteiger partial charge in [-0.1, -0.05) is 29.3 Å². The topological polar surface area (TPSA) is 35.6 Å². The number of hydrogen-bond acceptors (Lipinski definition) is 2. The molecule has 1 fully saturated rings. The lowest BCUT2D eigenvalue weighted by molar-refractivity contribution is 0.208. The molecule has 2 amide bonds. The van der Waals surface area contributed by atoms with E-state index in [1.54, 1.807) is 29.2 Å². The summed E-state index contributed by atoms with van der Waals surface area (Å²) in [5, 5.41) is 3.90. The van der Waals surface area contributed by atoms with Gasteiger partial charge in [0.05, 0.1) is 10.7 Å². The maximum absolute atomic E-state index is 13.2. The average molecular weight is 368 g/mol. The maximum Gasteiger partial charge on any atom is 0.321 e. The fourth-order valence-electron chi connectivity index (χ4n) is 2.66. The van der Waals surface area contributed by atoms with E-state index in [-0.39, 0.29) is 11.8 Å². The van der Waals surface area contributed by atoms with Crippen LogP contribution in [0.4, 0.5) is 20.6 Å². The van der Waals surface area contributed by atoms with Crippen LogP contribution in [0.2, 0.25) is 10.0 Å². The molecule has 1 aliphatic rings. The van der Waals surface area contributed by atoms with Crippen LogP contribution in [0.5, 0.6) is 0 Å². The molecular weight excluding hydrogens is 352 g/mol. The molecule has 0 unspecified atom stereocenters. The number of amides is 2. The van der Waals surface area contributed by atoms with Crippen LogP contribution in [0.15, 0.2) is 42.5 Å². The van der Waals surface area contributed by atoms with Crippen molar-refractivity contribution in [2.24, 2.45) is 0 Å². The van der Waals surface area contributed by atoms with Crippen molar-refractivity contribution in [2.45, 2.75) is 0 Å². The number of halogens is 3. The maximum atomic E-state index is 13.2. The molecule has 7 heteroatoms. The third kappa shape index (κ3) is 3.91. The zero-order valence-corrected chi connectivity index (χ0v) is 14.3. The van der Waals surface area contributed by atoms with Crippen LogP contribution in [0, 0.1) is 5.82 Å². The Morgan fingerprint density at radius 3 is 2.46 bits per heavy atom. The fourth-order valence-corrected chi connectivity index (χ4v) is 3.18. The van der Waals surface area contributed by atoms with Crippen LogP contribution in [0.1, 0.15) is 0 Å². The van der Waals surface area contributed by atoms with Crippen molar-refractivity contribution in [2.75, 3.05) is 36.4 Å². The van der Waals surface area contributed by atoms with Gasteiger partial charge in [0.1, 0.15) is 5.82 Å². The Labute approximate surface area is 149 Å². The second-order valence-corrected chi connectivity index (χ2v) is 6.35. The lowest BCUT2D eigenvalue weighted by Gasteiger charge is -2.36. The monoisotopic (exact) mass is 367 g/mol. The van der Waals surface area contributed by atoms with Gasteiger partial charge < -0.3 is 15.1 Å². The summed E-state index contributed by atoms with van der Waals surface area (Å²) in [4.78, 5) is 16.1. The molecule has 1 heterocycles. The van der Waals surface area contributed by atoms with Crippen LogP contribution in [-0.2, 0) is 0 Å². The molecule has 3 rings (SSSR count). The van der Waals surface area contributed by atoms with Crippen LogP contribution in [0.3, 0.4) is 0 Å². The molecule has 0 radical (unpaired) electrons. The average Bonchev–Trinajstić information content (AvgIpc) is 2.55. The summed E-state index contributed by atoms with van der Waals surface area (Å²) >= 11 is 12.1. The van der Waals surface area contributed by atoms with Crippen molar-refractivity contribution in [3.8, 4) is 0 Å². The third-order valence-electron chi connectivity index (χ3n) is 3.89. The number of anilines is 2. The Morgan fingerprint density at radius 1 is 1.04 bits per heavy atom. The van der Waals surface area contributed by atoms with Crippen molar-refractivity contribution in [3.05, 3.63) is 58.3 Å². The molecule has 1 saturated heterocycles. The van der Waals surface area contributed by atoms with E-state index < -0.39 is 0 Å². The molecular formula is C17H16Cl2FN3O. The number of urea groups is 1. The van der Waals surface area contributed by atoms with E-state index in [0.29, 0.717) is 41.9 Å². The lowest BCUT2D eigenvalue weighted by atomic mass is 10.2. The van der Waals surface area contributed by atoms with Crippen molar-refractivity contribution in [3.63, 3.8) is 0 Å². The summed E-state index contributed by atoms with van der Waals surface area (Å²) in [6.45, 7) is 2.44. The molecule has 4 nitrogen and oxygen atoms in total. The van der Waals surface area contributed by atoms with E-state index in [4.69, 9.17) is 23.2 Å². The number of rotatable bonds is 2. The highest BCUT2D eigenvalue weighted by Crippen LogP contribution is 2.29. The quantitative estimate of drug-likeness (QED) is 0.848. The Hall–Kier alpha value is -1.98. The van der Waals surface area contributed by atoms with Gasteiger partial charge in [0, 0.05) is 36.9 Å². The van der Waals surface area contributed by atoms with Crippen LogP contribution < -0.4 is 10.2 Å². The van der Waals surface area contributed by atoms with Crippen LogP contribution in [0.25, 0.3) is 0 Å². The highest BCUT2D eigenvalue weighted by Gasteiger charge is 2.22. The standard InChI is InChI=1S/C17H16Cl2FN3O/c18-12-4-5-16(15(19)10-12)22-6-8-23(9-7-22)17(24)21-14-3-1-2-13(20)11-14/h1-5,10-11H,6-9H2,(H,21,24). The van der Waals surface area contributed by atoms with Gasteiger partial charge in [-0.2, -0.15) is 0 Å². The van der Waals surface area contributed by atoms with Crippen LogP contribution in [-0.4, -0.2) is 37.1 Å². The first-order valence-electron chi connectivity index (χ1n) is 7.54. The first-order chi connectivity index (χ1) is 11.5. The summed E-state index contributed by atoms with van der Waals surface area (Å²) in [6, 6.07) is 11.0. The molecule has 24 heavy (non-hydrogen) atoms. The Morgan fingerprint density at radius 2 is 1.79 bits per heavy atom. The Balaban J connectivity index is 1.59. The molecule has 1 aliphatic heterocycles. The molecule has 2 aromatic rings. The van der Waals surface area contributed by atoms with E-state index >= 15 is 0 Å². The molecule has 0 saturated carbocycles. The number of piperazine rings is 1. The molecule has 0 aromatic heterocycles. The molecule has 0 atom stereocenters. The molecule has 0 bridgehead atoms. The predicted octanol–water partition coefficient (Wildman–Crippen LogP) is 4.49. The summed E-state index contributed by atoms with van der Waals surface area (Å²) in [5.41, 5.74) is 1.36. The third-order valence-corrected chi connectivity index (χ3v) is 4.43. The van der Waals surface area contributed by atoms with Gasteiger partial charge in [0.25, 0.3) is 0 Å². The van der Waals surface area contributed by atoms with Gasteiger partial charge in [0.15, 0.2) is 0 Å². The van der Waals surface area contributed by atoms with Crippen molar-refractivity contribution in [1.29, 1.82) is 0 Å². The van der Waals surface area contributed by atoms with Gasteiger partial charge >= 0.3 is 6.03 Å². The van der Waals surface area contributed by atoms with E-state index in [2.05, 4.69) is 10.2 Å². The van der Waals surface area contributed by atoms with E-state index in [0.717, 1.165) is 5.69 Å². The lowest BCUT2D eigenvalue weighted by Crippen LogP contribution is -2.50. The summed E-state index contributed by atoms with van der Waals surface area (Å²) in [6.07, 6.45) is 0. The van der Waals surface area contributed by atoms with Gasteiger partial charge in [0.2, 0.25) is 0 Å². The smallest absolute Gasteiger partial charge is 0.321 e. The van der Waals surface area contributed by atoms with Gasteiger partial charge in [-0.3, -0.25) is 0 Å². The number of carbonyl (C=O) groups excluding carboxylic acids is 1. The first kappa shape index (κ1) is 16.9. The zero-order valence-electron chi connectivity index (χ0n) is 12.8. The Kier molecular flexibility index (Phi) is 5.11. The van der Waals surface area contributed by atoms with Crippen LogP contribution >= 0.6 is 23.2 Å². The summed E-state index contributed by atoms with van der Waals surface area (Å²) < 4.78 is 13.2. The normalized spacial score (nSPS) is 14.6. The highest BCUT2D eigenvalue weighted by molar-refractivity contribution is 6.36. The fraction of sp³-hybridized carbons (Fsp3) is 0.235. The minimum absolute atomic E-state index is 0.234. The van der Waals surface area contributed by atoms with Crippen molar-refractivity contribution < 1.29 is 9.18 Å². The molecule has 0 spiro atoms. The second kappa shape index (κ2) is 7.28. The first-order valence-corrected chi connectivity index (χ1v) is 8.30. The van der Waals surface area contributed by atoms with Gasteiger partial charge in [-0.15, -0.1) is 0 Å². The van der Waals surface area contributed by atoms with E-state index in [1.165, 1.54) is 12.1 Å². The number of nitrogens with zero attached hydrogens (tertiary/aromatic N) is 2. The zero-order chi connectivity index (χ0) is 17.1.